The van der Waals surface area contributed by atoms with E-state index in [1.165, 1.54) is 6.33 Å². The highest BCUT2D eigenvalue weighted by molar-refractivity contribution is 5.46. The molecule has 0 aliphatic rings. The van der Waals surface area contributed by atoms with Gasteiger partial charge in [0.05, 0.1) is 12.6 Å². The minimum atomic E-state index is 0.106. The summed E-state index contributed by atoms with van der Waals surface area (Å²) in [6, 6.07) is 10.2. The van der Waals surface area contributed by atoms with E-state index < -0.39 is 0 Å². The van der Waals surface area contributed by atoms with Gasteiger partial charge >= 0.3 is 0 Å². The number of hydrogen-bond acceptors (Lipinski definition) is 5. The quantitative estimate of drug-likeness (QED) is 0.784. The van der Waals surface area contributed by atoms with Crippen molar-refractivity contribution in [2.45, 2.75) is 26.8 Å². The first-order valence-electron chi connectivity index (χ1n) is 7.34. The van der Waals surface area contributed by atoms with Crippen LogP contribution in [0.5, 0.6) is 5.75 Å². The Morgan fingerprint density at radius 1 is 1.32 bits per heavy atom. The van der Waals surface area contributed by atoms with Gasteiger partial charge in [0.25, 0.3) is 5.78 Å². The molecule has 3 rings (SSSR count). The Hall–Kier alpha value is -2.63. The van der Waals surface area contributed by atoms with Gasteiger partial charge in [0.1, 0.15) is 17.9 Å². The van der Waals surface area contributed by atoms with Crippen LogP contribution in [-0.4, -0.2) is 26.2 Å². The van der Waals surface area contributed by atoms with Crippen LogP contribution in [-0.2, 0) is 0 Å². The zero-order valence-corrected chi connectivity index (χ0v) is 12.9. The summed E-state index contributed by atoms with van der Waals surface area (Å²) < 4.78 is 7.26. The van der Waals surface area contributed by atoms with Crippen molar-refractivity contribution in [2.24, 2.45) is 0 Å². The minimum Gasteiger partial charge on any atom is -0.494 e. The molecule has 0 aliphatic heterocycles. The molecule has 0 spiro atoms. The molecule has 6 heteroatoms. The first-order valence-corrected chi connectivity index (χ1v) is 7.34. The van der Waals surface area contributed by atoms with E-state index in [1.807, 2.05) is 38.1 Å². The van der Waals surface area contributed by atoms with Crippen molar-refractivity contribution in [3.05, 3.63) is 47.9 Å². The zero-order chi connectivity index (χ0) is 15.5. The van der Waals surface area contributed by atoms with E-state index in [1.54, 1.807) is 4.52 Å². The number of hydrogen-bond donors (Lipinski definition) is 1. The number of rotatable bonds is 5. The van der Waals surface area contributed by atoms with Gasteiger partial charge in [0.2, 0.25) is 0 Å². The second kappa shape index (κ2) is 6.01. The van der Waals surface area contributed by atoms with Gasteiger partial charge in [-0.1, -0.05) is 12.1 Å². The molecule has 0 bridgehead atoms. The summed E-state index contributed by atoms with van der Waals surface area (Å²) in [5.41, 5.74) is 2.05. The highest BCUT2D eigenvalue weighted by Gasteiger charge is 2.11. The fourth-order valence-electron chi connectivity index (χ4n) is 2.38. The Balaban J connectivity index is 1.88. The molecule has 0 fully saturated rings. The van der Waals surface area contributed by atoms with Crippen molar-refractivity contribution < 1.29 is 4.74 Å². The molecule has 0 amide bonds. The average Bonchev–Trinajstić information content (AvgIpc) is 2.96. The smallest absolute Gasteiger partial charge is 0.254 e. The largest absolute Gasteiger partial charge is 0.494 e. The van der Waals surface area contributed by atoms with Crippen LogP contribution < -0.4 is 10.1 Å². The molecule has 1 atom stereocenters. The Morgan fingerprint density at radius 2 is 2.18 bits per heavy atom. The lowest BCUT2D eigenvalue weighted by atomic mass is 10.1. The van der Waals surface area contributed by atoms with E-state index in [0.717, 1.165) is 22.8 Å². The molecule has 0 unspecified atom stereocenters. The molecule has 1 aromatic carbocycles. The molecular weight excluding hydrogens is 278 g/mol. The lowest BCUT2D eigenvalue weighted by molar-refractivity contribution is 0.340. The predicted octanol–water partition coefficient (Wildman–Crippen LogP) is 3.00. The third-order valence-corrected chi connectivity index (χ3v) is 3.41. The Morgan fingerprint density at radius 3 is 3.00 bits per heavy atom. The third-order valence-electron chi connectivity index (χ3n) is 3.41. The molecule has 22 heavy (non-hydrogen) atoms. The SMILES string of the molecule is CCOc1cccc([C@H](C)Nc2cc(C)nc3ncnn23)c1. The maximum absolute atomic E-state index is 5.56. The number of nitrogens with one attached hydrogen (secondary N) is 1. The van der Waals surface area contributed by atoms with Crippen LogP contribution >= 0.6 is 0 Å². The molecule has 0 saturated carbocycles. The van der Waals surface area contributed by atoms with E-state index >= 15 is 0 Å². The van der Waals surface area contributed by atoms with Crippen molar-refractivity contribution in [3.8, 4) is 5.75 Å². The van der Waals surface area contributed by atoms with Crippen molar-refractivity contribution in [2.75, 3.05) is 11.9 Å². The van der Waals surface area contributed by atoms with Crippen LogP contribution in [0.15, 0.2) is 36.7 Å². The third kappa shape index (κ3) is 2.86. The molecule has 3 aromatic rings. The fourth-order valence-corrected chi connectivity index (χ4v) is 2.38. The van der Waals surface area contributed by atoms with Gasteiger partial charge < -0.3 is 10.1 Å². The molecule has 114 valence electrons. The molecule has 0 radical (unpaired) electrons. The Bertz CT molecular complexity index is 783. The molecular formula is C16H19N5O. The molecule has 0 saturated heterocycles. The number of fused-ring (bicyclic) bond motifs is 1. The number of benzene rings is 1. The Labute approximate surface area is 129 Å². The number of anilines is 1. The molecule has 2 aromatic heterocycles. The van der Waals surface area contributed by atoms with Gasteiger partial charge in [-0.15, -0.1) is 0 Å². The van der Waals surface area contributed by atoms with Crippen molar-refractivity contribution in [1.82, 2.24) is 19.6 Å². The van der Waals surface area contributed by atoms with Crippen LogP contribution in [0.3, 0.4) is 0 Å². The van der Waals surface area contributed by atoms with Crippen molar-refractivity contribution in [1.29, 1.82) is 0 Å². The van der Waals surface area contributed by atoms with E-state index in [9.17, 15) is 0 Å². The summed E-state index contributed by atoms with van der Waals surface area (Å²) >= 11 is 0. The zero-order valence-electron chi connectivity index (χ0n) is 12.9. The first-order chi connectivity index (χ1) is 10.7. The monoisotopic (exact) mass is 297 g/mol. The van der Waals surface area contributed by atoms with Crippen LogP contribution in [0.1, 0.15) is 31.1 Å². The maximum atomic E-state index is 5.56. The second-order valence-electron chi connectivity index (χ2n) is 5.13. The topological polar surface area (TPSA) is 64.3 Å². The summed E-state index contributed by atoms with van der Waals surface area (Å²) in [4.78, 5) is 8.48. The Kier molecular flexibility index (Phi) is 3.91. The normalized spacial score (nSPS) is 12.3. The maximum Gasteiger partial charge on any atom is 0.254 e. The van der Waals surface area contributed by atoms with Crippen LogP contribution in [0.4, 0.5) is 5.82 Å². The number of aryl methyl sites for hydroxylation is 1. The highest BCUT2D eigenvalue weighted by Crippen LogP contribution is 2.23. The first kappa shape index (κ1) is 14.3. The van der Waals surface area contributed by atoms with E-state index in [2.05, 4.69) is 33.4 Å². The summed E-state index contributed by atoms with van der Waals surface area (Å²) in [6.07, 6.45) is 1.51. The minimum absolute atomic E-state index is 0.106. The second-order valence-corrected chi connectivity index (χ2v) is 5.13. The summed E-state index contributed by atoms with van der Waals surface area (Å²) in [6.45, 7) is 6.69. The number of nitrogens with zero attached hydrogens (tertiary/aromatic N) is 4. The lowest BCUT2D eigenvalue weighted by Crippen LogP contribution is -2.11. The summed E-state index contributed by atoms with van der Waals surface area (Å²) in [5, 5.41) is 7.67. The molecule has 6 nitrogen and oxygen atoms in total. The van der Waals surface area contributed by atoms with E-state index in [4.69, 9.17) is 4.74 Å². The van der Waals surface area contributed by atoms with Crippen molar-refractivity contribution in [3.63, 3.8) is 0 Å². The standard InChI is InChI=1S/C16H19N5O/c1-4-22-14-7-5-6-13(9-14)12(3)20-15-8-11(2)19-16-17-10-18-21(15)16/h5-10,12,20H,4H2,1-3H3/t12-/m0/s1. The molecule has 2 heterocycles. The summed E-state index contributed by atoms with van der Waals surface area (Å²) in [5.74, 6) is 2.34. The van der Waals surface area contributed by atoms with Gasteiger partial charge in [0, 0.05) is 11.8 Å². The van der Waals surface area contributed by atoms with Crippen molar-refractivity contribution >= 4 is 11.6 Å². The van der Waals surface area contributed by atoms with Gasteiger partial charge in [-0.25, -0.2) is 4.98 Å². The molecule has 0 aliphatic carbocycles. The summed E-state index contributed by atoms with van der Waals surface area (Å²) in [7, 11) is 0. The van der Waals surface area contributed by atoms with Crippen LogP contribution in [0.2, 0.25) is 0 Å². The number of ether oxygens (including phenoxy) is 1. The highest BCUT2D eigenvalue weighted by atomic mass is 16.5. The van der Waals surface area contributed by atoms with Gasteiger partial charge in [-0.05, 0) is 38.5 Å². The van der Waals surface area contributed by atoms with Gasteiger partial charge in [-0.2, -0.15) is 14.6 Å². The van der Waals surface area contributed by atoms with E-state index in [0.29, 0.717) is 12.4 Å². The predicted molar refractivity (Wildman–Crippen MR) is 85.2 cm³/mol. The van der Waals surface area contributed by atoms with E-state index in [-0.39, 0.29) is 6.04 Å². The molecule has 1 N–H and O–H groups in total. The lowest BCUT2D eigenvalue weighted by Gasteiger charge is -2.17. The van der Waals surface area contributed by atoms with Gasteiger partial charge in [0.15, 0.2) is 0 Å². The van der Waals surface area contributed by atoms with Gasteiger partial charge in [-0.3, -0.25) is 0 Å². The fraction of sp³-hybridized carbons (Fsp3) is 0.312. The van der Waals surface area contributed by atoms with Crippen LogP contribution in [0, 0.1) is 6.92 Å². The van der Waals surface area contributed by atoms with Crippen LogP contribution in [0.25, 0.3) is 5.78 Å². The number of aromatic nitrogens is 4. The average molecular weight is 297 g/mol.